The fourth-order valence-corrected chi connectivity index (χ4v) is 1.44. The van der Waals surface area contributed by atoms with Gasteiger partial charge < -0.3 is 10.0 Å². The lowest BCUT2D eigenvalue weighted by Crippen LogP contribution is -2.27. The van der Waals surface area contributed by atoms with Gasteiger partial charge >= 0.3 is 5.97 Å². The highest BCUT2D eigenvalue weighted by atomic mass is 16.4. The molecule has 0 bridgehead atoms. The summed E-state index contributed by atoms with van der Waals surface area (Å²) in [6.07, 6.45) is 2.49. The molecular formula is C7H13NO2. The van der Waals surface area contributed by atoms with Crippen LogP contribution < -0.4 is 0 Å². The van der Waals surface area contributed by atoms with E-state index in [4.69, 9.17) is 5.11 Å². The average molecular weight is 143 g/mol. The summed E-state index contributed by atoms with van der Waals surface area (Å²) in [5.74, 6) is -0.682. The van der Waals surface area contributed by atoms with Gasteiger partial charge in [-0.15, -0.1) is 0 Å². The minimum Gasteiger partial charge on any atom is -0.481 e. The summed E-state index contributed by atoms with van der Waals surface area (Å²) in [5, 5.41) is 8.46. The second-order valence-electron chi connectivity index (χ2n) is 2.87. The fourth-order valence-electron chi connectivity index (χ4n) is 1.44. The first-order valence-corrected chi connectivity index (χ1v) is 3.62. The zero-order chi connectivity index (χ0) is 7.56. The Balaban J connectivity index is 2.33. The Kier molecular flexibility index (Phi) is 2.27. The molecule has 3 heteroatoms. The van der Waals surface area contributed by atoms with Crippen LogP contribution in [0.5, 0.6) is 0 Å². The van der Waals surface area contributed by atoms with Gasteiger partial charge in [-0.3, -0.25) is 4.79 Å². The van der Waals surface area contributed by atoms with E-state index in [1.165, 1.54) is 0 Å². The van der Waals surface area contributed by atoms with Crippen LogP contribution in [0.3, 0.4) is 0 Å². The van der Waals surface area contributed by atoms with E-state index in [9.17, 15) is 4.79 Å². The summed E-state index contributed by atoms with van der Waals surface area (Å²) in [7, 11) is 1.99. The van der Waals surface area contributed by atoms with Crippen LogP contribution >= 0.6 is 0 Å². The number of hydrogen-bond acceptors (Lipinski definition) is 2. The molecule has 0 radical (unpaired) electrons. The van der Waals surface area contributed by atoms with Crippen molar-refractivity contribution in [1.82, 2.24) is 4.90 Å². The Morgan fingerprint density at radius 3 is 2.90 bits per heavy atom. The van der Waals surface area contributed by atoms with Crippen LogP contribution in [-0.4, -0.2) is 35.6 Å². The molecule has 10 heavy (non-hydrogen) atoms. The molecule has 1 aliphatic heterocycles. The molecule has 0 spiro atoms. The lowest BCUT2D eigenvalue weighted by atomic mass is 10.1. The maximum atomic E-state index is 10.3. The summed E-state index contributed by atoms with van der Waals surface area (Å²) >= 11 is 0. The Labute approximate surface area is 60.6 Å². The lowest BCUT2D eigenvalue weighted by molar-refractivity contribution is -0.138. The third-order valence-corrected chi connectivity index (χ3v) is 2.08. The number of rotatable bonds is 2. The van der Waals surface area contributed by atoms with Crippen molar-refractivity contribution in [3.8, 4) is 0 Å². The number of carboxylic acid groups (broad SMARTS) is 1. The molecule has 0 saturated carbocycles. The highest BCUT2D eigenvalue weighted by Gasteiger charge is 2.22. The maximum Gasteiger partial charge on any atom is 0.304 e. The predicted molar refractivity (Wildman–Crippen MR) is 37.9 cm³/mol. The summed E-state index contributed by atoms with van der Waals surface area (Å²) < 4.78 is 0. The molecule has 3 nitrogen and oxygen atoms in total. The molecule has 0 aromatic heterocycles. The summed E-state index contributed by atoms with van der Waals surface area (Å²) in [6, 6.07) is 0.289. The first-order chi connectivity index (χ1) is 4.70. The molecule has 1 fully saturated rings. The third kappa shape index (κ3) is 1.70. The summed E-state index contributed by atoms with van der Waals surface area (Å²) in [4.78, 5) is 12.4. The number of carboxylic acids is 1. The van der Waals surface area contributed by atoms with Crippen molar-refractivity contribution >= 4 is 5.97 Å². The second-order valence-corrected chi connectivity index (χ2v) is 2.87. The zero-order valence-corrected chi connectivity index (χ0v) is 6.21. The maximum absolute atomic E-state index is 10.3. The van der Waals surface area contributed by atoms with E-state index in [1.807, 2.05) is 7.05 Å². The summed E-state index contributed by atoms with van der Waals surface area (Å²) in [6.45, 7) is 1.05. The van der Waals surface area contributed by atoms with Gasteiger partial charge in [0, 0.05) is 6.04 Å². The third-order valence-electron chi connectivity index (χ3n) is 2.08. The molecular weight excluding hydrogens is 130 g/mol. The molecule has 1 unspecified atom stereocenters. The Morgan fingerprint density at radius 1 is 1.80 bits per heavy atom. The highest BCUT2D eigenvalue weighted by Crippen LogP contribution is 2.17. The van der Waals surface area contributed by atoms with E-state index in [0.717, 1.165) is 19.4 Å². The molecule has 1 heterocycles. The number of hydrogen-bond donors (Lipinski definition) is 1. The van der Waals surface area contributed by atoms with E-state index in [0.29, 0.717) is 6.42 Å². The van der Waals surface area contributed by atoms with Crippen LogP contribution in [0.1, 0.15) is 19.3 Å². The van der Waals surface area contributed by atoms with Gasteiger partial charge in [-0.2, -0.15) is 0 Å². The van der Waals surface area contributed by atoms with Crippen LogP contribution in [-0.2, 0) is 4.79 Å². The lowest BCUT2D eigenvalue weighted by Gasteiger charge is -2.16. The van der Waals surface area contributed by atoms with Crippen LogP contribution in [0.15, 0.2) is 0 Å². The molecule has 1 saturated heterocycles. The first kappa shape index (κ1) is 7.54. The minimum absolute atomic E-state index is 0.289. The van der Waals surface area contributed by atoms with E-state index >= 15 is 0 Å². The van der Waals surface area contributed by atoms with Gasteiger partial charge in [0.1, 0.15) is 0 Å². The minimum atomic E-state index is -0.682. The number of likely N-dealkylation sites (tertiary alicyclic amines) is 1. The molecule has 1 rings (SSSR count). The second kappa shape index (κ2) is 3.01. The Hall–Kier alpha value is -0.570. The molecule has 0 aromatic carbocycles. The number of carbonyl (C=O) groups is 1. The van der Waals surface area contributed by atoms with Crippen LogP contribution in [0.25, 0.3) is 0 Å². The first-order valence-electron chi connectivity index (χ1n) is 3.62. The van der Waals surface area contributed by atoms with Gasteiger partial charge in [0.15, 0.2) is 0 Å². The highest BCUT2D eigenvalue weighted by molar-refractivity contribution is 5.67. The van der Waals surface area contributed by atoms with Gasteiger partial charge in [0.2, 0.25) is 0 Å². The normalized spacial score (nSPS) is 27.1. The largest absolute Gasteiger partial charge is 0.481 e. The van der Waals surface area contributed by atoms with E-state index < -0.39 is 5.97 Å². The molecule has 58 valence electrons. The number of nitrogens with zero attached hydrogens (tertiary/aromatic N) is 1. The topological polar surface area (TPSA) is 40.5 Å². The standard InChI is InChI=1S/C7H13NO2/c1-8-4-2-3-6(8)5-7(9)10/h6H,2-5H2,1H3,(H,9,10). The van der Waals surface area contributed by atoms with Crippen LogP contribution in [0, 0.1) is 0 Å². The zero-order valence-electron chi connectivity index (χ0n) is 6.21. The molecule has 0 amide bonds. The Morgan fingerprint density at radius 2 is 2.50 bits per heavy atom. The van der Waals surface area contributed by atoms with Crippen molar-refractivity contribution in [3.63, 3.8) is 0 Å². The smallest absolute Gasteiger partial charge is 0.304 e. The van der Waals surface area contributed by atoms with Gasteiger partial charge in [-0.05, 0) is 26.4 Å². The van der Waals surface area contributed by atoms with Gasteiger partial charge in [0.05, 0.1) is 6.42 Å². The fraction of sp³-hybridized carbons (Fsp3) is 0.857. The van der Waals surface area contributed by atoms with Crippen LogP contribution in [0.4, 0.5) is 0 Å². The van der Waals surface area contributed by atoms with Crippen molar-refractivity contribution in [2.75, 3.05) is 13.6 Å². The van der Waals surface area contributed by atoms with Crippen molar-refractivity contribution in [1.29, 1.82) is 0 Å². The van der Waals surface area contributed by atoms with Gasteiger partial charge in [0.25, 0.3) is 0 Å². The van der Waals surface area contributed by atoms with E-state index in [2.05, 4.69) is 4.90 Å². The summed E-state index contributed by atoms with van der Waals surface area (Å²) in [5.41, 5.74) is 0. The molecule has 0 aliphatic carbocycles. The van der Waals surface area contributed by atoms with Crippen molar-refractivity contribution in [2.24, 2.45) is 0 Å². The SMILES string of the molecule is CN1CCCC1CC(=O)O. The van der Waals surface area contributed by atoms with E-state index in [1.54, 1.807) is 0 Å². The van der Waals surface area contributed by atoms with Crippen LogP contribution in [0.2, 0.25) is 0 Å². The van der Waals surface area contributed by atoms with Crippen molar-refractivity contribution in [2.45, 2.75) is 25.3 Å². The van der Waals surface area contributed by atoms with Crippen molar-refractivity contribution < 1.29 is 9.90 Å². The van der Waals surface area contributed by atoms with Gasteiger partial charge in [-0.25, -0.2) is 0 Å². The monoisotopic (exact) mass is 143 g/mol. The molecule has 1 N–H and O–H groups in total. The number of aliphatic carboxylic acids is 1. The average Bonchev–Trinajstić information content (AvgIpc) is 2.15. The molecule has 0 aromatic rings. The molecule has 1 aliphatic rings. The van der Waals surface area contributed by atoms with Crippen molar-refractivity contribution in [3.05, 3.63) is 0 Å². The molecule has 1 atom stereocenters. The Bertz CT molecular complexity index is 136. The van der Waals surface area contributed by atoms with E-state index in [-0.39, 0.29) is 6.04 Å². The predicted octanol–water partition coefficient (Wildman–Crippen LogP) is 0.555. The quantitative estimate of drug-likeness (QED) is 0.614. The van der Waals surface area contributed by atoms with Gasteiger partial charge in [-0.1, -0.05) is 0 Å².